The standard InChI is InChI=1S/C18H29FN2/c1-2-12-20-18(16-10-6-7-11-17(16)19)15-21-13-8-4-3-5-9-14-21/h6-7,10-11,18,20H,2-5,8-9,12-15H2,1H3. The Morgan fingerprint density at radius 1 is 1.10 bits per heavy atom. The molecule has 2 nitrogen and oxygen atoms in total. The van der Waals surface area contributed by atoms with Gasteiger partial charge >= 0.3 is 0 Å². The van der Waals surface area contributed by atoms with Crippen molar-refractivity contribution in [1.29, 1.82) is 0 Å². The van der Waals surface area contributed by atoms with Crippen LogP contribution in [0.25, 0.3) is 0 Å². The second-order valence-electron chi connectivity index (χ2n) is 6.10. The van der Waals surface area contributed by atoms with Crippen molar-refractivity contribution in [3.63, 3.8) is 0 Å². The van der Waals surface area contributed by atoms with E-state index in [9.17, 15) is 4.39 Å². The smallest absolute Gasteiger partial charge is 0.128 e. The van der Waals surface area contributed by atoms with Crippen LogP contribution in [0.5, 0.6) is 0 Å². The topological polar surface area (TPSA) is 15.3 Å². The van der Waals surface area contributed by atoms with E-state index >= 15 is 0 Å². The monoisotopic (exact) mass is 292 g/mol. The fraction of sp³-hybridized carbons (Fsp3) is 0.667. The molecule has 1 N–H and O–H groups in total. The maximum Gasteiger partial charge on any atom is 0.128 e. The lowest BCUT2D eigenvalue weighted by molar-refractivity contribution is 0.220. The highest BCUT2D eigenvalue weighted by Crippen LogP contribution is 2.20. The molecule has 1 unspecified atom stereocenters. The van der Waals surface area contributed by atoms with Crippen molar-refractivity contribution in [3.8, 4) is 0 Å². The van der Waals surface area contributed by atoms with Crippen molar-refractivity contribution in [2.24, 2.45) is 0 Å². The quantitative estimate of drug-likeness (QED) is 0.848. The third kappa shape index (κ3) is 5.40. The molecule has 1 aliphatic rings. The fourth-order valence-electron chi connectivity index (χ4n) is 3.10. The summed E-state index contributed by atoms with van der Waals surface area (Å²) in [6, 6.07) is 7.31. The number of hydrogen-bond acceptors (Lipinski definition) is 2. The molecule has 1 aromatic carbocycles. The molecule has 0 aliphatic carbocycles. The van der Waals surface area contributed by atoms with Crippen LogP contribution in [-0.4, -0.2) is 31.1 Å². The van der Waals surface area contributed by atoms with E-state index in [0.717, 1.165) is 38.2 Å². The molecule has 2 rings (SSSR count). The van der Waals surface area contributed by atoms with Gasteiger partial charge in [0.25, 0.3) is 0 Å². The Labute approximate surface area is 128 Å². The minimum atomic E-state index is -0.0850. The van der Waals surface area contributed by atoms with E-state index in [4.69, 9.17) is 0 Å². The van der Waals surface area contributed by atoms with Crippen molar-refractivity contribution in [2.75, 3.05) is 26.2 Å². The Bertz CT molecular complexity index is 400. The van der Waals surface area contributed by atoms with E-state index < -0.39 is 0 Å². The van der Waals surface area contributed by atoms with Crippen molar-refractivity contribution < 1.29 is 4.39 Å². The highest BCUT2D eigenvalue weighted by Gasteiger charge is 2.18. The predicted molar refractivity (Wildman–Crippen MR) is 87.0 cm³/mol. The highest BCUT2D eigenvalue weighted by molar-refractivity contribution is 5.21. The van der Waals surface area contributed by atoms with Gasteiger partial charge in [0.1, 0.15) is 5.82 Å². The van der Waals surface area contributed by atoms with Crippen LogP contribution in [0.1, 0.15) is 57.1 Å². The normalized spacial score (nSPS) is 19.0. The number of likely N-dealkylation sites (tertiary alicyclic amines) is 1. The molecule has 0 spiro atoms. The van der Waals surface area contributed by atoms with Gasteiger partial charge < -0.3 is 10.2 Å². The minimum Gasteiger partial charge on any atom is -0.309 e. The van der Waals surface area contributed by atoms with E-state index in [2.05, 4.69) is 17.1 Å². The van der Waals surface area contributed by atoms with Crippen LogP contribution in [0, 0.1) is 5.82 Å². The summed E-state index contributed by atoms with van der Waals surface area (Å²) in [5.41, 5.74) is 0.813. The minimum absolute atomic E-state index is 0.0850. The highest BCUT2D eigenvalue weighted by atomic mass is 19.1. The molecule has 0 bridgehead atoms. The SMILES string of the molecule is CCCNC(CN1CCCCCCC1)c1ccccc1F. The van der Waals surface area contributed by atoms with Crippen molar-refractivity contribution in [1.82, 2.24) is 10.2 Å². The molecule has 1 saturated heterocycles. The van der Waals surface area contributed by atoms with E-state index in [1.54, 1.807) is 12.1 Å². The second kappa shape index (κ2) is 9.16. The third-order valence-electron chi connectivity index (χ3n) is 4.31. The van der Waals surface area contributed by atoms with Gasteiger partial charge in [-0.2, -0.15) is 0 Å². The van der Waals surface area contributed by atoms with E-state index in [-0.39, 0.29) is 11.9 Å². The summed E-state index contributed by atoms with van der Waals surface area (Å²) in [6.45, 7) is 6.31. The lowest BCUT2D eigenvalue weighted by Gasteiger charge is -2.30. The van der Waals surface area contributed by atoms with E-state index in [1.807, 2.05) is 12.1 Å². The maximum atomic E-state index is 14.1. The summed E-state index contributed by atoms with van der Waals surface area (Å²) in [5, 5.41) is 3.53. The Kier molecular flexibility index (Phi) is 7.17. The Morgan fingerprint density at radius 3 is 2.43 bits per heavy atom. The van der Waals surface area contributed by atoms with Crippen LogP contribution < -0.4 is 5.32 Å². The molecule has 1 fully saturated rings. The molecule has 1 atom stereocenters. The van der Waals surface area contributed by atoms with Gasteiger partial charge in [-0.25, -0.2) is 4.39 Å². The van der Waals surface area contributed by atoms with Crippen LogP contribution in [0.15, 0.2) is 24.3 Å². The van der Waals surface area contributed by atoms with Gasteiger partial charge in [-0.1, -0.05) is 44.4 Å². The van der Waals surface area contributed by atoms with Crippen LogP contribution in [0.4, 0.5) is 4.39 Å². The van der Waals surface area contributed by atoms with Crippen LogP contribution in [0.3, 0.4) is 0 Å². The predicted octanol–water partition coefficient (Wildman–Crippen LogP) is 4.13. The first-order chi connectivity index (χ1) is 10.3. The lowest BCUT2D eigenvalue weighted by Crippen LogP contribution is -2.37. The van der Waals surface area contributed by atoms with Gasteiger partial charge in [0.15, 0.2) is 0 Å². The Morgan fingerprint density at radius 2 is 1.76 bits per heavy atom. The van der Waals surface area contributed by atoms with Crippen molar-refractivity contribution in [2.45, 2.75) is 51.5 Å². The molecule has 1 heterocycles. The molecule has 21 heavy (non-hydrogen) atoms. The van der Waals surface area contributed by atoms with Gasteiger partial charge in [-0.15, -0.1) is 0 Å². The largest absolute Gasteiger partial charge is 0.309 e. The van der Waals surface area contributed by atoms with E-state index in [0.29, 0.717) is 0 Å². The number of nitrogens with one attached hydrogen (secondary N) is 1. The van der Waals surface area contributed by atoms with E-state index in [1.165, 1.54) is 32.1 Å². The second-order valence-corrected chi connectivity index (χ2v) is 6.10. The number of halogens is 1. The molecule has 0 saturated carbocycles. The first-order valence-corrected chi connectivity index (χ1v) is 8.51. The summed E-state index contributed by atoms with van der Waals surface area (Å²) in [5.74, 6) is -0.0850. The van der Waals surface area contributed by atoms with Gasteiger partial charge in [0.05, 0.1) is 0 Å². The first kappa shape index (κ1) is 16.4. The zero-order valence-corrected chi connectivity index (χ0v) is 13.3. The zero-order chi connectivity index (χ0) is 14.9. The number of benzene rings is 1. The van der Waals surface area contributed by atoms with Crippen molar-refractivity contribution >= 4 is 0 Å². The molecular formula is C18H29FN2. The molecular weight excluding hydrogens is 263 g/mol. The number of hydrogen-bond donors (Lipinski definition) is 1. The number of nitrogens with zero attached hydrogens (tertiary/aromatic N) is 1. The summed E-state index contributed by atoms with van der Waals surface area (Å²) >= 11 is 0. The number of rotatable bonds is 6. The summed E-state index contributed by atoms with van der Waals surface area (Å²) in [6.07, 6.45) is 7.67. The Balaban J connectivity index is 2.02. The molecule has 118 valence electrons. The van der Waals surface area contributed by atoms with Gasteiger partial charge in [0.2, 0.25) is 0 Å². The summed E-state index contributed by atoms with van der Waals surface area (Å²) < 4.78 is 14.1. The molecule has 1 aliphatic heterocycles. The average Bonchev–Trinajstić information content (AvgIpc) is 2.46. The molecule has 0 aromatic heterocycles. The lowest BCUT2D eigenvalue weighted by atomic mass is 10.0. The average molecular weight is 292 g/mol. The van der Waals surface area contributed by atoms with Gasteiger partial charge in [-0.3, -0.25) is 0 Å². The molecule has 0 amide bonds. The summed E-state index contributed by atoms with van der Waals surface area (Å²) in [4.78, 5) is 2.51. The van der Waals surface area contributed by atoms with Crippen molar-refractivity contribution in [3.05, 3.63) is 35.6 Å². The summed E-state index contributed by atoms with van der Waals surface area (Å²) in [7, 11) is 0. The fourth-order valence-corrected chi connectivity index (χ4v) is 3.10. The zero-order valence-electron chi connectivity index (χ0n) is 13.3. The maximum absolute atomic E-state index is 14.1. The molecule has 0 radical (unpaired) electrons. The molecule has 1 aromatic rings. The van der Waals surface area contributed by atoms with Crippen LogP contribution in [0.2, 0.25) is 0 Å². The third-order valence-corrected chi connectivity index (χ3v) is 4.31. The van der Waals surface area contributed by atoms with Crippen LogP contribution in [-0.2, 0) is 0 Å². The first-order valence-electron chi connectivity index (χ1n) is 8.51. The Hall–Kier alpha value is -0.930. The van der Waals surface area contributed by atoms with Gasteiger partial charge in [-0.05, 0) is 45.0 Å². The molecule has 3 heteroatoms. The van der Waals surface area contributed by atoms with Gasteiger partial charge in [0, 0.05) is 18.2 Å². The van der Waals surface area contributed by atoms with Crippen LogP contribution >= 0.6 is 0 Å².